The van der Waals surface area contributed by atoms with Crippen molar-refractivity contribution in [2.24, 2.45) is 0 Å². The summed E-state index contributed by atoms with van der Waals surface area (Å²) in [5.74, 6) is 3.45. The third kappa shape index (κ3) is 2.45. The molecule has 156 valence electrons. The van der Waals surface area contributed by atoms with Crippen molar-refractivity contribution in [3.05, 3.63) is 52.6 Å². The fraction of sp³-hybridized carbons (Fsp3) is 0.440. The van der Waals surface area contributed by atoms with Crippen molar-refractivity contribution in [1.29, 1.82) is 0 Å². The largest absolute Gasteiger partial charge is 0.492 e. The van der Waals surface area contributed by atoms with Crippen molar-refractivity contribution in [3.63, 3.8) is 0 Å². The molecular weight excluding hydrogens is 380 g/mol. The molecule has 0 saturated heterocycles. The van der Waals surface area contributed by atoms with E-state index in [9.17, 15) is 5.11 Å². The summed E-state index contributed by atoms with van der Waals surface area (Å²) in [6.45, 7) is 8.46. The van der Waals surface area contributed by atoms with Gasteiger partial charge in [-0.15, -0.1) is 0 Å². The minimum Gasteiger partial charge on any atom is -0.492 e. The van der Waals surface area contributed by atoms with E-state index in [1.807, 2.05) is 39.8 Å². The molecule has 2 aromatic rings. The predicted octanol–water partition coefficient (Wildman–Crippen LogP) is 4.55. The molecule has 30 heavy (non-hydrogen) atoms. The number of hydrogen-bond donors (Lipinski definition) is 1. The van der Waals surface area contributed by atoms with Gasteiger partial charge in [0, 0.05) is 23.1 Å². The fourth-order valence-electron chi connectivity index (χ4n) is 4.97. The van der Waals surface area contributed by atoms with Crippen LogP contribution in [0.2, 0.25) is 0 Å². The van der Waals surface area contributed by atoms with Crippen LogP contribution in [0, 0.1) is 0 Å². The molecule has 0 aliphatic carbocycles. The summed E-state index contributed by atoms with van der Waals surface area (Å²) in [4.78, 5) is 0. The lowest BCUT2D eigenvalue weighted by Gasteiger charge is -2.37. The Kier molecular flexibility index (Phi) is 3.46. The SMILES string of the molecule is CC1(C)C=Cc2c(ccc3c2OCC2c4ccc5c(c4OC32)CC(O)C(C)(C)O5)O1. The van der Waals surface area contributed by atoms with Crippen LogP contribution < -0.4 is 18.9 Å². The van der Waals surface area contributed by atoms with E-state index in [0.29, 0.717) is 13.0 Å². The Labute approximate surface area is 176 Å². The van der Waals surface area contributed by atoms with Gasteiger partial charge in [-0.2, -0.15) is 0 Å². The van der Waals surface area contributed by atoms with Crippen molar-refractivity contribution < 1.29 is 24.1 Å². The summed E-state index contributed by atoms with van der Waals surface area (Å²) in [5, 5.41) is 10.6. The van der Waals surface area contributed by atoms with E-state index in [-0.39, 0.29) is 17.6 Å². The highest BCUT2D eigenvalue weighted by Gasteiger charge is 2.46. The number of fused-ring (bicyclic) bond motifs is 9. The number of aliphatic hydroxyl groups is 1. The maximum absolute atomic E-state index is 10.6. The Balaban J connectivity index is 1.41. The van der Waals surface area contributed by atoms with E-state index in [1.54, 1.807) is 0 Å². The summed E-state index contributed by atoms with van der Waals surface area (Å²) in [7, 11) is 0. The number of rotatable bonds is 0. The molecule has 3 atom stereocenters. The second-order valence-corrected chi connectivity index (χ2v) is 9.78. The molecule has 2 aromatic carbocycles. The third-order valence-corrected chi connectivity index (χ3v) is 6.76. The molecule has 0 radical (unpaired) electrons. The maximum Gasteiger partial charge on any atom is 0.138 e. The standard InChI is InChI=1S/C25H26O5/c1-24(2)10-9-14-18(29-24)8-6-15-21(14)27-12-17-13-5-7-19-16(22(13)28-23(15)17)11-20(26)25(3,4)30-19/h5-10,17,20,23,26H,11-12H2,1-4H3. The van der Waals surface area contributed by atoms with Crippen molar-refractivity contribution in [2.45, 2.75) is 63.4 Å². The molecule has 6 rings (SSSR count). The van der Waals surface area contributed by atoms with E-state index < -0.39 is 11.7 Å². The van der Waals surface area contributed by atoms with Gasteiger partial charge in [0.25, 0.3) is 0 Å². The van der Waals surface area contributed by atoms with Gasteiger partial charge in [0.2, 0.25) is 0 Å². The van der Waals surface area contributed by atoms with Crippen LogP contribution in [0.4, 0.5) is 0 Å². The molecule has 0 saturated carbocycles. The minimum atomic E-state index is -0.610. The zero-order valence-electron chi connectivity index (χ0n) is 17.7. The first-order chi connectivity index (χ1) is 14.2. The lowest BCUT2D eigenvalue weighted by molar-refractivity contribution is -0.0418. The van der Waals surface area contributed by atoms with Crippen molar-refractivity contribution in [2.75, 3.05) is 6.61 Å². The van der Waals surface area contributed by atoms with Gasteiger partial charge in [0.1, 0.15) is 40.3 Å². The maximum atomic E-state index is 10.6. The number of hydrogen-bond acceptors (Lipinski definition) is 5. The molecular formula is C25H26O5. The molecule has 4 heterocycles. The second-order valence-electron chi connectivity index (χ2n) is 9.78. The van der Waals surface area contributed by atoms with Gasteiger partial charge in [-0.25, -0.2) is 0 Å². The molecule has 4 aliphatic heterocycles. The average Bonchev–Trinajstić information content (AvgIpc) is 3.07. The average molecular weight is 406 g/mol. The molecule has 0 bridgehead atoms. The first-order valence-corrected chi connectivity index (χ1v) is 10.6. The van der Waals surface area contributed by atoms with Gasteiger partial charge in [-0.05, 0) is 58.0 Å². The first-order valence-electron chi connectivity index (χ1n) is 10.6. The van der Waals surface area contributed by atoms with E-state index in [2.05, 4.69) is 24.3 Å². The van der Waals surface area contributed by atoms with Crippen LogP contribution >= 0.6 is 0 Å². The van der Waals surface area contributed by atoms with Crippen molar-refractivity contribution >= 4 is 6.08 Å². The highest BCUT2D eigenvalue weighted by Crippen LogP contribution is 2.56. The van der Waals surface area contributed by atoms with Gasteiger partial charge in [0.15, 0.2) is 0 Å². The zero-order chi connectivity index (χ0) is 20.8. The Morgan fingerprint density at radius 2 is 1.70 bits per heavy atom. The van der Waals surface area contributed by atoms with Crippen LogP contribution in [0.5, 0.6) is 23.0 Å². The summed E-state index contributed by atoms with van der Waals surface area (Å²) < 4.78 is 25.0. The van der Waals surface area contributed by atoms with Crippen LogP contribution in [0.15, 0.2) is 30.3 Å². The summed E-state index contributed by atoms with van der Waals surface area (Å²) in [6.07, 6.45) is 3.98. The molecule has 3 unspecified atom stereocenters. The van der Waals surface area contributed by atoms with E-state index >= 15 is 0 Å². The van der Waals surface area contributed by atoms with Crippen LogP contribution in [0.3, 0.4) is 0 Å². The quantitative estimate of drug-likeness (QED) is 0.695. The summed E-state index contributed by atoms with van der Waals surface area (Å²) >= 11 is 0. The third-order valence-electron chi connectivity index (χ3n) is 6.76. The topological polar surface area (TPSA) is 57.2 Å². The van der Waals surface area contributed by atoms with Crippen molar-refractivity contribution in [1.82, 2.24) is 0 Å². The summed E-state index contributed by atoms with van der Waals surface area (Å²) in [5.41, 5.74) is 3.17. The van der Waals surface area contributed by atoms with Gasteiger partial charge in [0.05, 0.1) is 24.2 Å². The first kappa shape index (κ1) is 18.1. The fourth-order valence-corrected chi connectivity index (χ4v) is 4.97. The van der Waals surface area contributed by atoms with Gasteiger partial charge < -0.3 is 24.1 Å². The normalized spacial score (nSPS) is 28.4. The lowest BCUT2D eigenvalue weighted by Crippen LogP contribution is -2.46. The molecule has 0 spiro atoms. The van der Waals surface area contributed by atoms with Crippen molar-refractivity contribution in [3.8, 4) is 23.0 Å². The highest BCUT2D eigenvalue weighted by molar-refractivity contribution is 5.71. The molecule has 4 aliphatic rings. The number of benzene rings is 2. The Bertz CT molecular complexity index is 1100. The highest BCUT2D eigenvalue weighted by atomic mass is 16.5. The van der Waals surface area contributed by atoms with Crippen LogP contribution in [0.1, 0.15) is 62.0 Å². The van der Waals surface area contributed by atoms with Crippen LogP contribution in [0.25, 0.3) is 6.08 Å². The van der Waals surface area contributed by atoms with Gasteiger partial charge >= 0.3 is 0 Å². The molecule has 0 fully saturated rings. The smallest absolute Gasteiger partial charge is 0.138 e. The summed E-state index contributed by atoms with van der Waals surface area (Å²) in [6, 6.07) is 8.18. The Morgan fingerprint density at radius 1 is 0.933 bits per heavy atom. The molecule has 0 aromatic heterocycles. The van der Waals surface area contributed by atoms with E-state index in [4.69, 9.17) is 18.9 Å². The monoisotopic (exact) mass is 406 g/mol. The molecule has 5 heteroatoms. The van der Waals surface area contributed by atoms with E-state index in [1.165, 1.54) is 0 Å². The van der Waals surface area contributed by atoms with Gasteiger partial charge in [-0.3, -0.25) is 0 Å². The van der Waals surface area contributed by atoms with E-state index in [0.717, 1.165) is 45.3 Å². The molecule has 5 nitrogen and oxygen atoms in total. The molecule has 0 amide bonds. The van der Waals surface area contributed by atoms with Crippen LogP contribution in [-0.4, -0.2) is 29.0 Å². The van der Waals surface area contributed by atoms with Gasteiger partial charge in [-0.1, -0.05) is 6.07 Å². The van der Waals surface area contributed by atoms with Crippen LogP contribution in [-0.2, 0) is 6.42 Å². The Hall–Kier alpha value is -2.66. The lowest BCUT2D eigenvalue weighted by atomic mass is 9.85. The Morgan fingerprint density at radius 3 is 2.53 bits per heavy atom. The zero-order valence-corrected chi connectivity index (χ0v) is 17.7. The minimum absolute atomic E-state index is 0.115. The second kappa shape index (κ2) is 5.73. The number of aliphatic hydroxyl groups excluding tert-OH is 1. The number of ether oxygens (including phenoxy) is 4. The molecule has 1 N–H and O–H groups in total. The predicted molar refractivity (Wildman–Crippen MR) is 113 cm³/mol.